The zero-order valence-electron chi connectivity index (χ0n) is 9.92. The zero-order chi connectivity index (χ0) is 13.4. The Bertz CT molecular complexity index is 421. The van der Waals surface area contributed by atoms with Gasteiger partial charge in [-0.2, -0.15) is 0 Å². The number of halogens is 2. The fourth-order valence-corrected chi connectivity index (χ4v) is 1.28. The first-order valence-corrected chi connectivity index (χ1v) is 5.57. The van der Waals surface area contributed by atoms with Crippen LogP contribution in [0.25, 0.3) is 0 Å². The fraction of sp³-hybridized carbons (Fsp3) is 0.308. The predicted octanol–water partition coefficient (Wildman–Crippen LogP) is 2.29. The van der Waals surface area contributed by atoms with Crippen molar-refractivity contribution in [2.45, 2.75) is 6.42 Å². The minimum absolute atomic E-state index is 0.242. The van der Waals surface area contributed by atoms with E-state index >= 15 is 0 Å². The monoisotopic (exact) mass is 255 g/mol. The number of benzene rings is 1. The Hall–Kier alpha value is -1.75. The van der Waals surface area contributed by atoms with Gasteiger partial charge in [-0.05, 0) is 18.6 Å². The van der Waals surface area contributed by atoms with Crippen molar-refractivity contribution in [2.75, 3.05) is 19.8 Å². The molecule has 1 amide bonds. The van der Waals surface area contributed by atoms with Gasteiger partial charge in [0.15, 0.2) is 11.6 Å². The van der Waals surface area contributed by atoms with Gasteiger partial charge in [-0.15, -0.1) is 6.58 Å². The number of ether oxygens (including phenoxy) is 1. The molecule has 1 aromatic rings. The number of nitrogens with one attached hydrogen (secondary N) is 1. The summed E-state index contributed by atoms with van der Waals surface area (Å²) in [5.41, 5.74) is -0.305. The van der Waals surface area contributed by atoms with E-state index in [4.69, 9.17) is 4.74 Å². The molecule has 0 aliphatic heterocycles. The van der Waals surface area contributed by atoms with Gasteiger partial charge >= 0.3 is 0 Å². The van der Waals surface area contributed by atoms with Gasteiger partial charge < -0.3 is 10.1 Å². The molecule has 0 fully saturated rings. The van der Waals surface area contributed by atoms with Crippen molar-refractivity contribution in [3.8, 4) is 0 Å². The van der Waals surface area contributed by atoms with Gasteiger partial charge in [-0.25, -0.2) is 8.78 Å². The van der Waals surface area contributed by atoms with Crippen LogP contribution >= 0.6 is 0 Å². The van der Waals surface area contributed by atoms with E-state index < -0.39 is 17.5 Å². The number of rotatable bonds is 7. The maximum Gasteiger partial charge on any atom is 0.254 e. The molecule has 0 saturated carbocycles. The van der Waals surface area contributed by atoms with Crippen molar-refractivity contribution in [2.24, 2.45) is 0 Å². The molecule has 0 unspecified atom stereocenters. The van der Waals surface area contributed by atoms with E-state index in [0.29, 0.717) is 13.2 Å². The molecule has 0 radical (unpaired) electrons. The molecule has 0 atom stereocenters. The number of amides is 1. The summed E-state index contributed by atoms with van der Waals surface area (Å²) in [4.78, 5) is 11.5. The first-order valence-electron chi connectivity index (χ1n) is 5.57. The summed E-state index contributed by atoms with van der Waals surface area (Å²) < 4.78 is 31.3. The molecule has 0 saturated heterocycles. The first kappa shape index (κ1) is 14.3. The van der Waals surface area contributed by atoms with Gasteiger partial charge in [-0.3, -0.25) is 4.79 Å². The lowest BCUT2D eigenvalue weighted by atomic mass is 10.2. The minimum Gasteiger partial charge on any atom is -0.379 e. The standard InChI is InChI=1S/C13H15F2NO2/c1-2-3-8-18-9-7-16-13(17)10-5-4-6-11(14)12(10)15/h2,4-6H,1,3,7-9H2,(H,16,17). The summed E-state index contributed by atoms with van der Waals surface area (Å²) in [6.07, 6.45) is 2.45. The highest BCUT2D eigenvalue weighted by Gasteiger charge is 2.14. The summed E-state index contributed by atoms with van der Waals surface area (Å²) >= 11 is 0. The van der Waals surface area contributed by atoms with Crippen LogP contribution in [0.5, 0.6) is 0 Å². The summed E-state index contributed by atoms with van der Waals surface area (Å²) in [6.45, 7) is 4.62. The van der Waals surface area contributed by atoms with E-state index in [1.54, 1.807) is 6.08 Å². The maximum atomic E-state index is 13.2. The fourth-order valence-electron chi connectivity index (χ4n) is 1.28. The Morgan fingerprint density at radius 1 is 1.39 bits per heavy atom. The molecule has 5 heteroatoms. The Labute approximate surface area is 104 Å². The smallest absolute Gasteiger partial charge is 0.254 e. The van der Waals surface area contributed by atoms with Gasteiger partial charge in [0, 0.05) is 6.54 Å². The van der Waals surface area contributed by atoms with Gasteiger partial charge in [0.25, 0.3) is 5.91 Å². The molecule has 1 N–H and O–H groups in total. The average molecular weight is 255 g/mol. The third-order valence-electron chi connectivity index (χ3n) is 2.19. The second-order valence-corrected chi connectivity index (χ2v) is 3.55. The van der Waals surface area contributed by atoms with E-state index in [1.165, 1.54) is 12.1 Å². The largest absolute Gasteiger partial charge is 0.379 e. The normalized spacial score (nSPS) is 10.1. The minimum atomic E-state index is -1.14. The van der Waals surface area contributed by atoms with Crippen molar-refractivity contribution in [1.82, 2.24) is 5.32 Å². The van der Waals surface area contributed by atoms with Crippen LogP contribution in [0, 0.1) is 11.6 Å². The van der Waals surface area contributed by atoms with Crippen LogP contribution in [0.2, 0.25) is 0 Å². The molecule has 0 heterocycles. The Kier molecular flexibility index (Phi) is 6.00. The highest BCUT2D eigenvalue weighted by molar-refractivity contribution is 5.94. The topological polar surface area (TPSA) is 38.3 Å². The molecule has 0 bridgehead atoms. The van der Waals surface area contributed by atoms with Crippen molar-refractivity contribution in [1.29, 1.82) is 0 Å². The lowest BCUT2D eigenvalue weighted by Crippen LogP contribution is -2.28. The highest BCUT2D eigenvalue weighted by Crippen LogP contribution is 2.10. The van der Waals surface area contributed by atoms with Crippen LogP contribution in [-0.2, 0) is 4.74 Å². The van der Waals surface area contributed by atoms with Gasteiger partial charge in [-0.1, -0.05) is 12.1 Å². The van der Waals surface area contributed by atoms with Gasteiger partial charge in [0.2, 0.25) is 0 Å². The lowest BCUT2D eigenvalue weighted by Gasteiger charge is -2.06. The van der Waals surface area contributed by atoms with E-state index in [1.807, 2.05) is 0 Å². The van der Waals surface area contributed by atoms with E-state index in [2.05, 4.69) is 11.9 Å². The molecular formula is C13H15F2NO2. The number of hydrogen-bond donors (Lipinski definition) is 1. The molecule has 0 aliphatic rings. The van der Waals surface area contributed by atoms with E-state index in [9.17, 15) is 13.6 Å². The van der Waals surface area contributed by atoms with Crippen LogP contribution in [0.15, 0.2) is 30.9 Å². The summed E-state index contributed by atoms with van der Waals surface area (Å²) in [6, 6.07) is 3.48. The van der Waals surface area contributed by atoms with Crippen molar-refractivity contribution in [3.05, 3.63) is 48.1 Å². The summed E-state index contributed by atoms with van der Waals surface area (Å²) in [7, 11) is 0. The zero-order valence-corrected chi connectivity index (χ0v) is 9.92. The maximum absolute atomic E-state index is 13.2. The van der Waals surface area contributed by atoms with Crippen molar-refractivity contribution >= 4 is 5.91 Å². The molecule has 0 aromatic heterocycles. The number of carbonyl (C=O) groups is 1. The molecule has 18 heavy (non-hydrogen) atoms. The second-order valence-electron chi connectivity index (χ2n) is 3.55. The third-order valence-corrected chi connectivity index (χ3v) is 2.19. The quantitative estimate of drug-likeness (QED) is 0.599. The number of carbonyl (C=O) groups excluding carboxylic acids is 1. The van der Waals surface area contributed by atoms with Crippen LogP contribution < -0.4 is 5.32 Å². The summed E-state index contributed by atoms with van der Waals surface area (Å²) in [5, 5.41) is 2.45. The SMILES string of the molecule is C=CCCOCCNC(=O)c1cccc(F)c1F. The summed E-state index contributed by atoms with van der Waals surface area (Å²) in [5.74, 6) is -2.83. The molecule has 0 aliphatic carbocycles. The molecule has 1 aromatic carbocycles. The first-order chi connectivity index (χ1) is 8.66. The second kappa shape index (κ2) is 7.55. The number of hydrogen-bond acceptors (Lipinski definition) is 2. The predicted molar refractivity (Wildman–Crippen MR) is 64.3 cm³/mol. The van der Waals surface area contributed by atoms with Crippen LogP contribution in [0.1, 0.15) is 16.8 Å². The lowest BCUT2D eigenvalue weighted by molar-refractivity contribution is 0.0913. The van der Waals surface area contributed by atoms with E-state index in [0.717, 1.165) is 12.5 Å². The molecule has 3 nitrogen and oxygen atoms in total. The van der Waals surface area contributed by atoms with Gasteiger partial charge in [0.05, 0.1) is 18.8 Å². The van der Waals surface area contributed by atoms with Gasteiger partial charge in [0.1, 0.15) is 0 Å². The average Bonchev–Trinajstić information content (AvgIpc) is 2.36. The van der Waals surface area contributed by atoms with Crippen molar-refractivity contribution in [3.63, 3.8) is 0 Å². The Balaban J connectivity index is 2.37. The molecular weight excluding hydrogens is 240 g/mol. The molecule has 98 valence electrons. The van der Waals surface area contributed by atoms with Crippen LogP contribution in [-0.4, -0.2) is 25.7 Å². The van der Waals surface area contributed by atoms with Crippen LogP contribution in [0.4, 0.5) is 8.78 Å². The third kappa shape index (κ3) is 4.25. The van der Waals surface area contributed by atoms with Crippen LogP contribution in [0.3, 0.4) is 0 Å². The highest BCUT2D eigenvalue weighted by atomic mass is 19.2. The molecule has 1 rings (SSSR count). The van der Waals surface area contributed by atoms with Crippen molar-refractivity contribution < 1.29 is 18.3 Å². The van der Waals surface area contributed by atoms with E-state index in [-0.39, 0.29) is 12.1 Å². The molecule has 0 spiro atoms. The Morgan fingerprint density at radius 2 is 2.17 bits per heavy atom. The Morgan fingerprint density at radius 3 is 2.89 bits per heavy atom.